The lowest BCUT2D eigenvalue weighted by molar-refractivity contribution is -0.137. The van der Waals surface area contributed by atoms with Crippen LogP contribution in [0.3, 0.4) is 0 Å². The molecule has 0 bridgehead atoms. The van der Waals surface area contributed by atoms with Crippen LogP contribution in [0.4, 0.5) is 17.6 Å². The van der Waals surface area contributed by atoms with Gasteiger partial charge >= 0.3 is 6.18 Å². The third-order valence-electron chi connectivity index (χ3n) is 4.13. The summed E-state index contributed by atoms with van der Waals surface area (Å²) in [6.07, 6.45) is -3.24. The van der Waals surface area contributed by atoms with Gasteiger partial charge in [0.1, 0.15) is 11.0 Å². The SMILES string of the molecule is Cc1nn(-c2cccc(C(F)(F)F)c2)c(Cl)c1/C=N/NC(=O)Cc1ccc(F)cc1. The summed E-state index contributed by atoms with van der Waals surface area (Å²) in [6.45, 7) is 1.61. The van der Waals surface area contributed by atoms with Crippen LogP contribution in [0.15, 0.2) is 53.6 Å². The molecule has 30 heavy (non-hydrogen) atoms. The van der Waals surface area contributed by atoms with E-state index < -0.39 is 23.5 Å². The second kappa shape index (κ2) is 8.66. The van der Waals surface area contributed by atoms with Crippen molar-refractivity contribution < 1.29 is 22.4 Å². The fourth-order valence-electron chi connectivity index (χ4n) is 2.64. The van der Waals surface area contributed by atoms with Crippen molar-refractivity contribution in [3.05, 3.63) is 81.9 Å². The number of alkyl halides is 3. The maximum absolute atomic E-state index is 12.9. The molecule has 1 N–H and O–H groups in total. The lowest BCUT2D eigenvalue weighted by Crippen LogP contribution is -2.19. The number of carbonyl (C=O) groups excluding carboxylic acids is 1. The van der Waals surface area contributed by atoms with E-state index in [-0.39, 0.29) is 17.3 Å². The molecule has 1 amide bonds. The number of nitrogens with zero attached hydrogens (tertiary/aromatic N) is 3. The summed E-state index contributed by atoms with van der Waals surface area (Å²) in [4.78, 5) is 11.9. The molecule has 3 rings (SSSR count). The molecule has 10 heteroatoms. The highest BCUT2D eigenvalue weighted by Crippen LogP contribution is 2.31. The minimum Gasteiger partial charge on any atom is -0.273 e. The van der Waals surface area contributed by atoms with E-state index in [0.29, 0.717) is 16.8 Å². The van der Waals surface area contributed by atoms with E-state index in [1.807, 2.05) is 0 Å². The fourth-order valence-corrected chi connectivity index (χ4v) is 2.96. The Hall–Kier alpha value is -3.20. The smallest absolute Gasteiger partial charge is 0.273 e. The topological polar surface area (TPSA) is 59.3 Å². The minimum atomic E-state index is -4.50. The molecule has 0 fully saturated rings. The normalized spacial score (nSPS) is 11.8. The number of carbonyl (C=O) groups is 1. The molecule has 2 aromatic carbocycles. The Bertz CT molecular complexity index is 1090. The predicted molar refractivity (Wildman–Crippen MR) is 104 cm³/mol. The average Bonchev–Trinajstić information content (AvgIpc) is 2.97. The molecule has 0 radical (unpaired) electrons. The van der Waals surface area contributed by atoms with Crippen LogP contribution in [0.25, 0.3) is 5.69 Å². The van der Waals surface area contributed by atoms with Crippen LogP contribution >= 0.6 is 11.6 Å². The molecule has 0 spiro atoms. The van der Waals surface area contributed by atoms with Crippen LogP contribution in [-0.4, -0.2) is 21.9 Å². The summed E-state index contributed by atoms with van der Waals surface area (Å²) in [5.74, 6) is -0.836. The molecule has 0 saturated carbocycles. The zero-order valence-corrected chi connectivity index (χ0v) is 16.3. The maximum Gasteiger partial charge on any atom is 0.416 e. The van der Waals surface area contributed by atoms with Crippen molar-refractivity contribution in [1.29, 1.82) is 0 Å². The van der Waals surface area contributed by atoms with Gasteiger partial charge in [-0.1, -0.05) is 29.8 Å². The van der Waals surface area contributed by atoms with Crippen LogP contribution in [0.1, 0.15) is 22.4 Å². The number of amides is 1. The summed E-state index contributed by atoms with van der Waals surface area (Å²) in [5, 5.41) is 8.02. The summed E-state index contributed by atoms with van der Waals surface area (Å²) >= 11 is 6.27. The standard InChI is InChI=1S/C20H15ClF4N4O/c1-12-17(11-26-27-18(30)9-13-5-7-15(22)8-6-13)19(21)29(28-12)16-4-2-3-14(10-16)20(23,24)25/h2-8,10-11H,9H2,1H3,(H,27,30)/b26-11+. The van der Waals surface area contributed by atoms with Gasteiger partial charge in [0.2, 0.25) is 5.91 Å². The van der Waals surface area contributed by atoms with Gasteiger partial charge in [-0.3, -0.25) is 4.79 Å². The molecular formula is C20H15ClF4N4O. The molecule has 0 aliphatic carbocycles. The number of rotatable bonds is 5. The Morgan fingerprint density at radius 2 is 1.93 bits per heavy atom. The molecule has 0 atom stereocenters. The third kappa shape index (κ3) is 5.04. The van der Waals surface area contributed by atoms with Crippen LogP contribution in [0.5, 0.6) is 0 Å². The number of halogens is 5. The van der Waals surface area contributed by atoms with Gasteiger partial charge in [-0.05, 0) is 42.8 Å². The zero-order valence-electron chi connectivity index (χ0n) is 15.5. The largest absolute Gasteiger partial charge is 0.416 e. The van der Waals surface area contributed by atoms with E-state index in [4.69, 9.17) is 11.6 Å². The number of nitrogens with one attached hydrogen (secondary N) is 1. The van der Waals surface area contributed by atoms with Crippen LogP contribution < -0.4 is 5.43 Å². The van der Waals surface area contributed by atoms with Gasteiger partial charge in [0.15, 0.2) is 0 Å². The molecule has 0 unspecified atom stereocenters. The molecule has 156 valence electrons. The highest BCUT2D eigenvalue weighted by Gasteiger charge is 2.30. The number of hydrazone groups is 1. The molecule has 1 heterocycles. The molecule has 0 aliphatic rings. The van der Waals surface area contributed by atoms with Crippen LogP contribution in [-0.2, 0) is 17.4 Å². The van der Waals surface area contributed by atoms with E-state index in [1.165, 1.54) is 42.6 Å². The Balaban J connectivity index is 1.74. The first-order valence-electron chi connectivity index (χ1n) is 8.64. The maximum atomic E-state index is 12.9. The van der Waals surface area contributed by atoms with Gasteiger partial charge in [-0.2, -0.15) is 23.4 Å². The lowest BCUT2D eigenvalue weighted by Gasteiger charge is -2.09. The van der Waals surface area contributed by atoms with Gasteiger partial charge in [-0.15, -0.1) is 0 Å². The van der Waals surface area contributed by atoms with E-state index in [2.05, 4.69) is 15.6 Å². The molecule has 0 saturated heterocycles. The van der Waals surface area contributed by atoms with Crippen molar-refractivity contribution in [2.24, 2.45) is 5.10 Å². The van der Waals surface area contributed by atoms with Gasteiger partial charge in [-0.25, -0.2) is 14.5 Å². The van der Waals surface area contributed by atoms with E-state index in [1.54, 1.807) is 6.92 Å². The first-order chi connectivity index (χ1) is 14.1. The van der Waals surface area contributed by atoms with Crippen molar-refractivity contribution in [3.8, 4) is 5.69 Å². The van der Waals surface area contributed by atoms with Crippen molar-refractivity contribution in [2.75, 3.05) is 0 Å². The van der Waals surface area contributed by atoms with E-state index in [9.17, 15) is 22.4 Å². The first kappa shape index (κ1) is 21.5. The van der Waals surface area contributed by atoms with Crippen molar-refractivity contribution >= 4 is 23.7 Å². The van der Waals surface area contributed by atoms with Gasteiger partial charge in [0.25, 0.3) is 0 Å². The molecule has 5 nitrogen and oxygen atoms in total. The van der Waals surface area contributed by atoms with Crippen LogP contribution in [0, 0.1) is 12.7 Å². The van der Waals surface area contributed by atoms with Crippen molar-refractivity contribution in [2.45, 2.75) is 19.5 Å². The lowest BCUT2D eigenvalue weighted by atomic mass is 10.1. The number of hydrogen-bond donors (Lipinski definition) is 1. The summed E-state index contributed by atoms with van der Waals surface area (Å²) in [7, 11) is 0. The summed E-state index contributed by atoms with van der Waals surface area (Å²) in [6, 6.07) is 10.1. The number of aryl methyl sites for hydroxylation is 1. The number of hydrogen-bond acceptors (Lipinski definition) is 3. The Morgan fingerprint density at radius 3 is 2.60 bits per heavy atom. The molecule has 3 aromatic rings. The second-order valence-electron chi connectivity index (χ2n) is 6.35. The first-order valence-corrected chi connectivity index (χ1v) is 9.02. The van der Waals surface area contributed by atoms with Gasteiger partial charge in [0, 0.05) is 0 Å². The highest BCUT2D eigenvalue weighted by atomic mass is 35.5. The zero-order chi connectivity index (χ0) is 21.9. The Kier molecular flexibility index (Phi) is 6.21. The Morgan fingerprint density at radius 1 is 1.23 bits per heavy atom. The van der Waals surface area contributed by atoms with E-state index in [0.717, 1.165) is 16.8 Å². The second-order valence-corrected chi connectivity index (χ2v) is 6.70. The third-order valence-corrected chi connectivity index (χ3v) is 4.49. The van der Waals surface area contributed by atoms with Crippen molar-refractivity contribution in [3.63, 3.8) is 0 Å². The average molecular weight is 439 g/mol. The highest BCUT2D eigenvalue weighted by molar-refractivity contribution is 6.32. The molecular weight excluding hydrogens is 424 g/mol. The molecule has 1 aromatic heterocycles. The predicted octanol–water partition coefficient (Wildman–Crippen LogP) is 4.68. The monoisotopic (exact) mass is 438 g/mol. The quantitative estimate of drug-likeness (QED) is 0.357. The van der Waals surface area contributed by atoms with Crippen molar-refractivity contribution in [1.82, 2.24) is 15.2 Å². The fraction of sp³-hybridized carbons (Fsp3) is 0.150. The van der Waals surface area contributed by atoms with Crippen LogP contribution in [0.2, 0.25) is 5.15 Å². The molecule has 0 aliphatic heterocycles. The number of aromatic nitrogens is 2. The van der Waals surface area contributed by atoms with Gasteiger partial charge < -0.3 is 0 Å². The summed E-state index contributed by atoms with van der Waals surface area (Å²) in [5.41, 5.74) is 2.99. The summed E-state index contributed by atoms with van der Waals surface area (Å²) < 4.78 is 52.9. The number of benzene rings is 2. The van der Waals surface area contributed by atoms with Gasteiger partial charge in [0.05, 0.1) is 35.1 Å². The Labute approximate surface area is 174 Å². The van der Waals surface area contributed by atoms with E-state index >= 15 is 0 Å². The minimum absolute atomic E-state index is 0.00612.